The van der Waals surface area contributed by atoms with E-state index in [0.29, 0.717) is 6.54 Å². The van der Waals surface area contributed by atoms with Crippen molar-refractivity contribution in [3.8, 4) is 0 Å². The van der Waals surface area contributed by atoms with Crippen molar-refractivity contribution in [1.82, 2.24) is 5.32 Å². The second kappa shape index (κ2) is 9.24. The van der Waals surface area contributed by atoms with E-state index in [-0.39, 0.29) is 18.4 Å². The summed E-state index contributed by atoms with van der Waals surface area (Å²) in [6.07, 6.45) is 0. The first-order chi connectivity index (χ1) is 11.4. The van der Waals surface area contributed by atoms with Gasteiger partial charge in [0, 0.05) is 13.1 Å². The Hall–Kier alpha value is -2.13. The molecule has 0 amide bonds. The maximum Gasteiger partial charge on any atom is 0.0579 e. The van der Waals surface area contributed by atoms with Crippen LogP contribution in [0.25, 0.3) is 0 Å². The van der Waals surface area contributed by atoms with Gasteiger partial charge in [-0.3, -0.25) is 0 Å². The molecule has 3 rings (SSSR count). The number of nitrogens with one attached hydrogen (secondary N) is 1. The summed E-state index contributed by atoms with van der Waals surface area (Å²) >= 11 is 0. The summed E-state index contributed by atoms with van der Waals surface area (Å²) in [4.78, 5) is 0. The minimum Gasteiger partial charge on any atom is -0.326 e. The third kappa shape index (κ3) is 4.68. The van der Waals surface area contributed by atoms with E-state index in [0.717, 1.165) is 12.1 Å². The zero-order valence-electron chi connectivity index (χ0n) is 13.6. The largest absolute Gasteiger partial charge is 0.326 e. The Morgan fingerprint density at radius 2 is 1.12 bits per heavy atom. The first-order valence-corrected chi connectivity index (χ1v) is 7.98. The van der Waals surface area contributed by atoms with Crippen LogP contribution in [0.1, 0.15) is 28.3 Å². The smallest absolute Gasteiger partial charge is 0.0579 e. The van der Waals surface area contributed by atoms with Crippen molar-refractivity contribution >= 4 is 12.4 Å². The van der Waals surface area contributed by atoms with Gasteiger partial charge in [0.2, 0.25) is 0 Å². The normalized spacial score (nSPS) is 10.4. The maximum atomic E-state index is 5.66. The molecule has 2 nitrogen and oxygen atoms in total. The molecule has 0 aromatic heterocycles. The number of rotatable bonds is 6. The molecule has 0 heterocycles. The molecule has 3 aromatic rings. The topological polar surface area (TPSA) is 38.0 Å². The fourth-order valence-corrected chi connectivity index (χ4v) is 2.73. The minimum atomic E-state index is 0. The predicted molar refractivity (Wildman–Crippen MR) is 103 cm³/mol. The Bertz CT molecular complexity index is 672. The van der Waals surface area contributed by atoms with Gasteiger partial charge in [-0.15, -0.1) is 12.4 Å². The molecule has 3 heteroatoms. The summed E-state index contributed by atoms with van der Waals surface area (Å²) in [6, 6.07) is 29.8. The second-order valence-electron chi connectivity index (χ2n) is 5.66. The summed E-state index contributed by atoms with van der Waals surface area (Å²) in [5.74, 6) is 0. The highest BCUT2D eigenvalue weighted by Crippen LogP contribution is 2.22. The zero-order valence-corrected chi connectivity index (χ0v) is 14.4. The molecule has 0 radical (unpaired) electrons. The molecule has 0 atom stereocenters. The standard InChI is InChI=1S/C21H22N2.ClH/c22-15-17-11-13-18(14-12-17)16-23-21(19-7-3-1-4-8-19)20-9-5-2-6-10-20;/h1-14,21,23H,15-16,22H2;1H. The molecule has 0 aliphatic carbocycles. The van der Waals surface area contributed by atoms with E-state index in [1.54, 1.807) is 0 Å². The highest BCUT2D eigenvalue weighted by atomic mass is 35.5. The van der Waals surface area contributed by atoms with Crippen molar-refractivity contribution in [2.75, 3.05) is 0 Å². The molecule has 0 saturated carbocycles. The summed E-state index contributed by atoms with van der Waals surface area (Å²) in [6.45, 7) is 1.41. The van der Waals surface area contributed by atoms with Gasteiger partial charge in [0.15, 0.2) is 0 Å². The molecule has 0 aliphatic heterocycles. The highest BCUT2D eigenvalue weighted by molar-refractivity contribution is 5.85. The number of hydrogen-bond acceptors (Lipinski definition) is 2. The molecule has 0 fully saturated rings. The summed E-state index contributed by atoms with van der Waals surface area (Å²) in [5.41, 5.74) is 10.6. The van der Waals surface area contributed by atoms with E-state index in [1.807, 2.05) is 0 Å². The van der Waals surface area contributed by atoms with Crippen molar-refractivity contribution < 1.29 is 0 Å². The lowest BCUT2D eigenvalue weighted by atomic mass is 9.98. The summed E-state index contributed by atoms with van der Waals surface area (Å²) in [5, 5.41) is 3.67. The molecule has 3 N–H and O–H groups in total. The van der Waals surface area contributed by atoms with E-state index in [4.69, 9.17) is 5.73 Å². The Morgan fingerprint density at radius 1 is 0.667 bits per heavy atom. The zero-order chi connectivity index (χ0) is 15.9. The highest BCUT2D eigenvalue weighted by Gasteiger charge is 2.12. The van der Waals surface area contributed by atoms with Gasteiger partial charge in [-0.05, 0) is 22.3 Å². The van der Waals surface area contributed by atoms with Gasteiger partial charge in [0.05, 0.1) is 6.04 Å². The Kier molecular flexibility index (Phi) is 7.01. The molecular formula is C21H23ClN2. The van der Waals surface area contributed by atoms with Gasteiger partial charge < -0.3 is 11.1 Å². The molecule has 3 aromatic carbocycles. The molecule has 0 aliphatic rings. The van der Waals surface area contributed by atoms with E-state index >= 15 is 0 Å². The SMILES string of the molecule is Cl.NCc1ccc(CNC(c2ccccc2)c2ccccc2)cc1. The van der Waals surface area contributed by atoms with Crippen LogP contribution in [0.3, 0.4) is 0 Å². The first-order valence-electron chi connectivity index (χ1n) is 7.98. The van der Waals surface area contributed by atoms with Gasteiger partial charge in [0.25, 0.3) is 0 Å². The number of benzene rings is 3. The minimum absolute atomic E-state index is 0. The molecule has 124 valence electrons. The van der Waals surface area contributed by atoms with Crippen molar-refractivity contribution in [3.05, 3.63) is 107 Å². The molecule has 0 unspecified atom stereocenters. The maximum absolute atomic E-state index is 5.66. The average Bonchev–Trinajstić information content (AvgIpc) is 2.64. The average molecular weight is 339 g/mol. The van der Waals surface area contributed by atoms with Gasteiger partial charge in [-0.2, -0.15) is 0 Å². The van der Waals surface area contributed by atoms with Gasteiger partial charge >= 0.3 is 0 Å². The number of nitrogens with two attached hydrogens (primary N) is 1. The van der Waals surface area contributed by atoms with Gasteiger partial charge in [-0.1, -0.05) is 84.9 Å². The van der Waals surface area contributed by atoms with Gasteiger partial charge in [0.1, 0.15) is 0 Å². The van der Waals surface area contributed by atoms with Crippen LogP contribution in [-0.2, 0) is 13.1 Å². The lowest BCUT2D eigenvalue weighted by Gasteiger charge is -2.20. The van der Waals surface area contributed by atoms with Gasteiger partial charge in [-0.25, -0.2) is 0 Å². The predicted octanol–water partition coefficient (Wildman–Crippen LogP) is 4.45. The van der Waals surface area contributed by atoms with E-state index in [2.05, 4.69) is 90.2 Å². The van der Waals surface area contributed by atoms with Crippen molar-refractivity contribution in [1.29, 1.82) is 0 Å². The van der Waals surface area contributed by atoms with Crippen molar-refractivity contribution in [2.45, 2.75) is 19.1 Å². The second-order valence-corrected chi connectivity index (χ2v) is 5.66. The molecular weight excluding hydrogens is 316 g/mol. The Morgan fingerprint density at radius 3 is 1.58 bits per heavy atom. The quantitative estimate of drug-likeness (QED) is 0.697. The molecule has 0 spiro atoms. The molecule has 24 heavy (non-hydrogen) atoms. The third-order valence-electron chi connectivity index (χ3n) is 4.03. The van der Waals surface area contributed by atoms with Crippen molar-refractivity contribution in [3.63, 3.8) is 0 Å². The summed E-state index contributed by atoms with van der Waals surface area (Å²) < 4.78 is 0. The van der Waals surface area contributed by atoms with Crippen LogP contribution < -0.4 is 11.1 Å². The molecule has 0 saturated heterocycles. The number of halogens is 1. The van der Waals surface area contributed by atoms with Crippen LogP contribution >= 0.6 is 12.4 Å². The monoisotopic (exact) mass is 338 g/mol. The van der Waals surface area contributed by atoms with E-state index < -0.39 is 0 Å². The third-order valence-corrected chi connectivity index (χ3v) is 4.03. The van der Waals surface area contributed by atoms with Crippen LogP contribution in [0, 0.1) is 0 Å². The van der Waals surface area contributed by atoms with Crippen LogP contribution in [-0.4, -0.2) is 0 Å². The van der Waals surface area contributed by atoms with Crippen molar-refractivity contribution in [2.24, 2.45) is 5.73 Å². The Labute approximate surface area is 150 Å². The Balaban J connectivity index is 0.00000208. The lowest BCUT2D eigenvalue weighted by Crippen LogP contribution is -2.22. The molecule has 0 bridgehead atoms. The first kappa shape index (κ1) is 18.2. The number of hydrogen-bond donors (Lipinski definition) is 2. The van der Waals surface area contributed by atoms with E-state index in [1.165, 1.54) is 16.7 Å². The van der Waals surface area contributed by atoms with Crippen LogP contribution in [0.15, 0.2) is 84.9 Å². The summed E-state index contributed by atoms with van der Waals surface area (Å²) in [7, 11) is 0. The lowest BCUT2D eigenvalue weighted by molar-refractivity contribution is 0.605. The van der Waals surface area contributed by atoms with Crippen LogP contribution in [0.5, 0.6) is 0 Å². The van der Waals surface area contributed by atoms with Crippen LogP contribution in [0.4, 0.5) is 0 Å². The fourth-order valence-electron chi connectivity index (χ4n) is 2.73. The van der Waals surface area contributed by atoms with Crippen LogP contribution in [0.2, 0.25) is 0 Å². The fraction of sp³-hybridized carbons (Fsp3) is 0.143. The van der Waals surface area contributed by atoms with E-state index in [9.17, 15) is 0 Å².